The lowest BCUT2D eigenvalue weighted by Crippen LogP contribution is -1.97. The summed E-state index contributed by atoms with van der Waals surface area (Å²) < 4.78 is 10.0. The fourth-order valence-electron chi connectivity index (χ4n) is 0.898. The summed E-state index contributed by atoms with van der Waals surface area (Å²) in [6.45, 7) is 0. The molecule has 0 radical (unpaired) electrons. The van der Waals surface area contributed by atoms with Gasteiger partial charge in [-0.15, -0.1) is 0 Å². The van der Waals surface area contributed by atoms with E-state index in [1.807, 2.05) is 21.2 Å². The fourth-order valence-corrected chi connectivity index (χ4v) is 1.69. The molecule has 0 aliphatic carbocycles. The molecule has 1 rings (SSSR count). The van der Waals surface area contributed by atoms with Crippen molar-refractivity contribution in [1.82, 2.24) is 0 Å². The second kappa shape index (κ2) is 5.30. The molecule has 0 aliphatic rings. The van der Waals surface area contributed by atoms with Gasteiger partial charge in [-0.3, -0.25) is 0 Å². The Morgan fingerprint density at radius 2 is 2.07 bits per heavy atom. The first kappa shape index (κ1) is 11.4. The molecule has 6 heteroatoms. The molecular weight excluding hydrogens is 319 g/mol. The Morgan fingerprint density at radius 3 is 2.57 bits per heavy atom. The first-order chi connectivity index (χ1) is 6.67. The highest BCUT2D eigenvalue weighted by atomic mass is 127. The van der Waals surface area contributed by atoms with Gasteiger partial charge in [-0.1, -0.05) is 0 Å². The van der Waals surface area contributed by atoms with Gasteiger partial charge in [0.2, 0.25) is 0 Å². The second-order valence-corrected chi connectivity index (χ2v) is 3.72. The van der Waals surface area contributed by atoms with E-state index in [1.165, 1.54) is 19.2 Å². The van der Waals surface area contributed by atoms with E-state index < -0.39 is 5.97 Å². The largest absolute Gasteiger partial charge is 0.497 e. The number of halogens is 1. The molecule has 0 aromatic heterocycles. The van der Waals surface area contributed by atoms with Crippen LogP contribution in [0.2, 0.25) is 0 Å². The lowest BCUT2D eigenvalue weighted by Gasteiger charge is -2.05. The van der Waals surface area contributed by atoms with E-state index in [9.17, 15) is 4.79 Å². The molecule has 76 valence electrons. The van der Waals surface area contributed by atoms with Gasteiger partial charge in [0, 0.05) is 27.3 Å². The van der Waals surface area contributed by atoms with Crippen molar-refractivity contribution in [3.63, 3.8) is 0 Å². The molecule has 0 spiro atoms. The number of rotatable bonds is 4. The molecule has 0 fully saturated rings. The number of carbonyl (C=O) groups is 1. The number of hydrogen-bond donors (Lipinski definition) is 1. The van der Waals surface area contributed by atoms with Crippen molar-refractivity contribution < 1.29 is 18.8 Å². The molecule has 0 aliphatic heterocycles. The van der Waals surface area contributed by atoms with E-state index in [4.69, 9.17) is 14.0 Å². The SMILES string of the molecule is COc1cc(OSI)cc(C(=O)O)c1. The maximum atomic E-state index is 10.7. The maximum absolute atomic E-state index is 10.7. The van der Waals surface area contributed by atoms with Crippen LogP contribution in [-0.4, -0.2) is 18.2 Å². The van der Waals surface area contributed by atoms with Gasteiger partial charge in [-0.05, 0) is 12.1 Å². The van der Waals surface area contributed by atoms with Crippen LogP contribution < -0.4 is 8.92 Å². The third kappa shape index (κ3) is 2.95. The van der Waals surface area contributed by atoms with Crippen LogP contribution in [0, 0.1) is 0 Å². The molecule has 0 saturated heterocycles. The van der Waals surface area contributed by atoms with Crippen molar-refractivity contribution in [2.45, 2.75) is 0 Å². The maximum Gasteiger partial charge on any atom is 0.335 e. The molecule has 1 N–H and O–H groups in total. The van der Waals surface area contributed by atoms with Crippen molar-refractivity contribution in [2.24, 2.45) is 0 Å². The van der Waals surface area contributed by atoms with Crippen molar-refractivity contribution in [1.29, 1.82) is 0 Å². The highest BCUT2D eigenvalue weighted by Crippen LogP contribution is 2.27. The van der Waals surface area contributed by atoms with Crippen LogP contribution >= 0.6 is 30.4 Å². The van der Waals surface area contributed by atoms with Gasteiger partial charge in [0.25, 0.3) is 0 Å². The Balaban J connectivity index is 3.06. The first-order valence-corrected chi connectivity index (χ1v) is 6.83. The number of carboxylic acid groups (broad SMARTS) is 1. The van der Waals surface area contributed by atoms with Crippen molar-refractivity contribution >= 4 is 36.4 Å². The Bertz CT molecular complexity index is 342. The van der Waals surface area contributed by atoms with Gasteiger partial charge in [-0.25, -0.2) is 4.79 Å². The summed E-state index contributed by atoms with van der Waals surface area (Å²) in [5.74, 6) is -0.0845. The lowest BCUT2D eigenvalue weighted by atomic mass is 10.2. The molecule has 1 aromatic carbocycles. The van der Waals surface area contributed by atoms with Crippen molar-refractivity contribution in [3.05, 3.63) is 23.8 Å². The zero-order chi connectivity index (χ0) is 10.6. The molecule has 0 bridgehead atoms. The zero-order valence-electron chi connectivity index (χ0n) is 7.19. The Labute approximate surface area is 97.4 Å². The highest BCUT2D eigenvalue weighted by molar-refractivity contribution is 14.2. The minimum atomic E-state index is -1.01. The summed E-state index contributed by atoms with van der Waals surface area (Å²) in [5.41, 5.74) is 0.143. The van der Waals surface area contributed by atoms with E-state index in [-0.39, 0.29) is 5.56 Å². The minimum Gasteiger partial charge on any atom is -0.497 e. The van der Waals surface area contributed by atoms with Gasteiger partial charge >= 0.3 is 5.97 Å². The van der Waals surface area contributed by atoms with Crippen LogP contribution in [-0.2, 0) is 0 Å². The topological polar surface area (TPSA) is 55.8 Å². The van der Waals surface area contributed by atoms with Crippen LogP contribution in [0.15, 0.2) is 18.2 Å². The minimum absolute atomic E-state index is 0.143. The Kier molecular flexibility index (Phi) is 4.33. The van der Waals surface area contributed by atoms with Crippen molar-refractivity contribution in [2.75, 3.05) is 7.11 Å². The average Bonchev–Trinajstić information content (AvgIpc) is 2.17. The highest BCUT2D eigenvalue weighted by Gasteiger charge is 2.08. The average molecular weight is 326 g/mol. The third-order valence-corrected chi connectivity index (χ3v) is 2.29. The van der Waals surface area contributed by atoms with Crippen molar-refractivity contribution in [3.8, 4) is 11.5 Å². The summed E-state index contributed by atoms with van der Waals surface area (Å²) >= 11 is 1.95. The molecule has 1 aromatic rings. The number of benzene rings is 1. The lowest BCUT2D eigenvalue weighted by molar-refractivity contribution is 0.0696. The van der Waals surface area contributed by atoms with Crippen LogP contribution in [0.3, 0.4) is 0 Å². The number of aromatic carboxylic acids is 1. The summed E-state index contributed by atoms with van der Waals surface area (Å²) in [7, 11) is 2.59. The van der Waals surface area contributed by atoms with E-state index in [1.54, 1.807) is 6.07 Å². The molecule has 0 atom stereocenters. The quantitative estimate of drug-likeness (QED) is 0.681. The van der Waals surface area contributed by atoms with E-state index in [0.717, 1.165) is 9.21 Å². The molecule has 14 heavy (non-hydrogen) atoms. The van der Waals surface area contributed by atoms with Crippen LogP contribution in [0.1, 0.15) is 10.4 Å². The standard InChI is InChI=1S/C8H7IO4S/c1-12-6-2-5(8(10)11)3-7(4-6)13-14-9/h2-4H,1H3,(H,10,11). The molecule has 4 nitrogen and oxygen atoms in total. The number of carboxylic acids is 1. The van der Waals surface area contributed by atoms with Gasteiger partial charge in [0.05, 0.1) is 12.7 Å². The predicted molar refractivity (Wildman–Crippen MR) is 62.2 cm³/mol. The number of ether oxygens (including phenoxy) is 1. The van der Waals surface area contributed by atoms with Crippen LogP contribution in [0.5, 0.6) is 11.5 Å². The molecule has 0 saturated carbocycles. The fraction of sp³-hybridized carbons (Fsp3) is 0.125. The van der Waals surface area contributed by atoms with Crippen LogP contribution in [0.4, 0.5) is 0 Å². The predicted octanol–water partition coefficient (Wildman–Crippen LogP) is 2.77. The monoisotopic (exact) mass is 326 g/mol. The first-order valence-electron chi connectivity index (χ1n) is 3.55. The van der Waals surface area contributed by atoms with Gasteiger partial charge < -0.3 is 14.0 Å². The van der Waals surface area contributed by atoms with E-state index >= 15 is 0 Å². The van der Waals surface area contributed by atoms with E-state index in [2.05, 4.69) is 0 Å². The summed E-state index contributed by atoms with van der Waals surface area (Å²) in [5, 5.41) is 8.78. The molecular formula is C8H7IO4S. The van der Waals surface area contributed by atoms with Gasteiger partial charge in [-0.2, -0.15) is 0 Å². The summed E-state index contributed by atoms with van der Waals surface area (Å²) in [6.07, 6.45) is 0. The number of methoxy groups -OCH3 is 1. The second-order valence-electron chi connectivity index (χ2n) is 2.35. The normalized spacial score (nSPS) is 9.57. The van der Waals surface area contributed by atoms with Gasteiger partial charge in [0.1, 0.15) is 20.7 Å². The Morgan fingerprint density at radius 1 is 1.43 bits per heavy atom. The van der Waals surface area contributed by atoms with Gasteiger partial charge in [0.15, 0.2) is 0 Å². The smallest absolute Gasteiger partial charge is 0.335 e. The molecule has 0 unspecified atom stereocenters. The van der Waals surface area contributed by atoms with Crippen LogP contribution in [0.25, 0.3) is 0 Å². The third-order valence-electron chi connectivity index (χ3n) is 1.49. The molecule has 0 amide bonds. The zero-order valence-corrected chi connectivity index (χ0v) is 10.2. The Hall–Kier alpha value is -0.630. The summed E-state index contributed by atoms with van der Waals surface area (Å²) in [6, 6.07) is 4.50. The number of hydrogen-bond acceptors (Lipinski definition) is 4. The molecule has 0 heterocycles. The summed E-state index contributed by atoms with van der Waals surface area (Å²) in [4.78, 5) is 10.7. The van der Waals surface area contributed by atoms with E-state index in [0.29, 0.717) is 11.5 Å².